The van der Waals surface area contributed by atoms with Crippen molar-refractivity contribution >= 4 is 34.7 Å². The highest BCUT2D eigenvalue weighted by Gasteiger charge is 2.42. The molecule has 3 aromatic heterocycles. The molecule has 1 fully saturated rings. The van der Waals surface area contributed by atoms with Gasteiger partial charge in [0, 0.05) is 26.0 Å². The molecule has 1 saturated heterocycles. The standard InChI is InChI=1S/C19H18ClF3N6O3/c1-31-10-18(3-2-4-32-18)16-13(9-25-15-6-14(20)28-29(15)16)27-17(30)26-12-5-11(7-24-8-12)19(21,22)23/h5-9H,2-4,10H2,1H3,(H2,26,27,30). The van der Waals surface area contributed by atoms with Crippen LogP contribution >= 0.6 is 11.6 Å². The van der Waals surface area contributed by atoms with E-state index < -0.39 is 23.4 Å². The summed E-state index contributed by atoms with van der Waals surface area (Å²) in [6.07, 6.45) is -0.0564. The Bertz CT molecular complexity index is 1150. The topological polar surface area (TPSA) is 103 Å². The molecule has 0 radical (unpaired) electrons. The third-order valence-corrected chi connectivity index (χ3v) is 5.12. The van der Waals surface area contributed by atoms with Gasteiger partial charge in [-0.05, 0) is 18.9 Å². The molecule has 2 N–H and O–H groups in total. The number of urea groups is 1. The smallest absolute Gasteiger partial charge is 0.381 e. The van der Waals surface area contributed by atoms with Crippen LogP contribution in [0.1, 0.15) is 24.1 Å². The van der Waals surface area contributed by atoms with Crippen LogP contribution in [0.15, 0.2) is 30.7 Å². The minimum Gasteiger partial charge on any atom is -0.381 e. The SMILES string of the molecule is COCC1(c2c(NC(=O)Nc3cncc(C(F)(F)F)c3)cnc3cc(Cl)nn23)CCCO1. The Morgan fingerprint density at radius 2 is 2.12 bits per heavy atom. The van der Waals surface area contributed by atoms with Crippen LogP contribution in [-0.4, -0.2) is 45.9 Å². The van der Waals surface area contributed by atoms with Gasteiger partial charge in [0.15, 0.2) is 10.8 Å². The predicted molar refractivity (Wildman–Crippen MR) is 109 cm³/mol. The number of hydrogen-bond acceptors (Lipinski definition) is 6. The maximum Gasteiger partial charge on any atom is 0.417 e. The van der Waals surface area contributed by atoms with Gasteiger partial charge >= 0.3 is 12.2 Å². The van der Waals surface area contributed by atoms with Crippen LogP contribution in [0.25, 0.3) is 5.65 Å². The number of carbonyl (C=O) groups is 1. The molecule has 1 unspecified atom stereocenters. The van der Waals surface area contributed by atoms with Crippen molar-refractivity contribution in [1.29, 1.82) is 0 Å². The first kappa shape index (κ1) is 22.2. The number of rotatable bonds is 5. The van der Waals surface area contributed by atoms with Gasteiger partial charge in [-0.25, -0.2) is 14.3 Å². The van der Waals surface area contributed by atoms with Gasteiger partial charge in [-0.15, -0.1) is 0 Å². The van der Waals surface area contributed by atoms with E-state index in [1.807, 2.05) is 0 Å². The van der Waals surface area contributed by atoms with E-state index in [4.69, 9.17) is 21.1 Å². The first-order valence-electron chi connectivity index (χ1n) is 9.50. The van der Waals surface area contributed by atoms with Crippen LogP contribution in [0.4, 0.5) is 29.3 Å². The number of aromatic nitrogens is 4. The first-order chi connectivity index (χ1) is 15.2. The fraction of sp³-hybridized carbons (Fsp3) is 0.368. The molecule has 170 valence electrons. The largest absolute Gasteiger partial charge is 0.417 e. The molecule has 32 heavy (non-hydrogen) atoms. The van der Waals surface area contributed by atoms with E-state index >= 15 is 0 Å². The fourth-order valence-electron chi connectivity index (χ4n) is 3.68. The number of anilines is 2. The highest BCUT2D eigenvalue weighted by Crippen LogP contribution is 2.40. The number of nitrogens with one attached hydrogen (secondary N) is 2. The lowest BCUT2D eigenvalue weighted by atomic mass is 9.95. The van der Waals surface area contributed by atoms with E-state index in [1.54, 1.807) is 6.07 Å². The molecule has 1 aliphatic heterocycles. The summed E-state index contributed by atoms with van der Waals surface area (Å²) in [5.41, 5.74) is -0.891. The zero-order chi connectivity index (χ0) is 22.9. The Morgan fingerprint density at radius 3 is 2.81 bits per heavy atom. The van der Waals surface area contributed by atoms with E-state index in [-0.39, 0.29) is 23.1 Å². The highest BCUT2D eigenvalue weighted by atomic mass is 35.5. The van der Waals surface area contributed by atoms with Gasteiger partial charge < -0.3 is 20.1 Å². The number of fused-ring (bicyclic) bond motifs is 1. The molecule has 13 heteroatoms. The summed E-state index contributed by atoms with van der Waals surface area (Å²) < 4.78 is 51.6. The molecule has 1 atom stereocenters. The van der Waals surface area contributed by atoms with Gasteiger partial charge in [-0.3, -0.25) is 4.98 Å². The van der Waals surface area contributed by atoms with Crippen LogP contribution in [0.2, 0.25) is 5.15 Å². The van der Waals surface area contributed by atoms with Crippen LogP contribution < -0.4 is 10.6 Å². The fourth-order valence-corrected chi connectivity index (χ4v) is 3.86. The summed E-state index contributed by atoms with van der Waals surface area (Å²) >= 11 is 6.06. The third-order valence-electron chi connectivity index (χ3n) is 4.94. The number of amides is 2. The molecular formula is C19H18ClF3N6O3. The summed E-state index contributed by atoms with van der Waals surface area (Å²) in [6.45, 7) is 0.654. The summed E-state index contributed by atoms with van der Waals surface area (Å²) in [4.78, 5) is 20.4. The van der Waals surface area contributed by atoms with Gasteiger partial charge in [0.1, 0.15) is 11.3 Å². The molecular weight excluding hydrogens is 453 g/mol. The van der Waals surface area contributed by atoms with Crippen LogP contribution in [0.3, 0.4) is 0 Å². The number of hydrogen-bond donors (Lipinski definition) is 2. The average molecular weight is 471 g/mol. The van der Waals surface area contributed by atoms with Crippen molar-refractivity contribution in [2.75, 3.05) is 31.0 Å². The van der Waals surface area contributed by atoms with Crippen molar-refractivity contribution in [1.82, 2.24) is 19.6 Å². The number of ether oxygens (including phenoxy) is 2. The summed E-state index contributed by atoms with van der Waals surface area (Å²) in [5, 5.41) is 9.42. The van der Waals surface area contributed by atoms with E-state index in [0.717, 1.165) is 18.7 Å². The van der Waals surface area contributed by atoms with Gasteiger partial charge in [-0.2, -0.15) is 18.3 Å². The van der Waals surface area contributed by atoms with Crippen molar-refractivity contribution in [2.45, 2.75) is 24.6 Å². The van der Waals surface area contributed by atoms with Crippen molar-refractivity contribution < 1.29 is 27.4 Å². The normalized spacial score (nSPS) is 18.8. The molecule has 2 amide bonds. The van der Waals surface area contributed by atoms with Gasteiger partial charge in [-0.1, -0.05) is 11.6 Å². The van der Waals surface area contributed by atoms with Gasteiger partial charge in [0.2, 0.25) is 0 Å². The third kappa shape index (κ3) is 4.33. The molecule has 0 spiro atoms. The monoisotopic (exact) mass is 470 g/mol. The van der Waals surface area contributed by atoms with Crippen molar-refractivity contribution in [2.24, 2.45) is 0 Å². The number of methoxy groups -OCH3 is 1. The average Bonchev–Trinajstić information content (AvgIpc) is 3.34. The molecule has 3 aromatic rings. The summed E-state index contributed by atoms with van der Waals surface area (Å²) in [6, 6.07) is 1.55. The van der Waals surface area contributed by atoms with E-state index in [9.17, 15) is 18.0 Å². The van der Waals surface area contributed by atoms with E-state index in [1.165, 1.54) is 17.8 Å². The molecule has 9 nitrogen and oxygen atoms in total. The zero-order valence-electron chi connectivity index (χ0n) is 16.7. The molecule has 0 saturated carbocycles. The van der Waals surface area contributed by atoms with Gasteiger partial charge in [0.25, 0.3) is 0 Å². The minimum absolute atomic E-state index is 0.126. The number of halogens is 4. The Kier molecular flexibility index (Phi) is 5.93. The maximum atomic E-state index is 12.9. The number of carbonyl (C=O) groups excluding carboxylic acids is 1. The molecule has 4 rings (SSSR count). The number of pyridine rings is 1. The van der Waals surface area contributed by atoms with Crippen molar-refractivity contribution in [3.05, 3.63) is 47.1 Å². The quantitative estimate of drug-likeness (QED) is 0.582. The summed E-state index contributed by atoms with van der Waals surface area (Å²) in [5.74, 6) is 0. The van der Waals surface area contributed by atoms with Crippen molar-refractivity contribution in [3.63, 3.8) is 0 Å². The molecule has 4 heterocycles. The van der Waals surface area contributed by atoms with E-state index in [2.05, 4.69) is 25.7 Å². The van der Waals surface area contributed by atoms with E-state index in [0.29, 0.717) is 30.6 Å². The number of alkyl halides is 3. The minimum atomic E-state index is -4.59. The highest BCUT2D eigenvalue weighted by molar-refractivity contribution is 6.29. The van der Waals surface area contributed by atoms with Crippen LogP contribution in [0.5, 0.6) is 0 Å². The van der Waals surface area contributed by atoms with Crippen LogP contribution in [0, 0.1) is 0 Å². The lowest BCUT2D eigenvalue weighted by Crippen LogP contribution is -2.35. The molecule has 0 bridgehead atoms. The van der Waals surface area contributed by atoms with Crippen LogP contribution in [-0.2, 0) is 21.3 Å². The zero-order valence-corrected chi connectivity index (χ0v) is 17.5. The lowest BCUT2D eigenvalue weighted by molar-refractivity contribution is -0.137. The Labute approximate surface area is 184 Å². The second-order valence-corrected chi connectivity index (χ2v) is 7.56. The Balaban J connectivity index is 1.68. The predicted octanol–water partition coefficient (Wildman–Crippen LogP) is 4.09. The molecule has 1 aliphatic rings. The molecule has 0 aromatic carbocycles. The molecule has 0 aliphatic carbocycles. The number of nitrogens with zero attached hydrogens (tertiary/aromatic N) is 4. The summed E-state index contributed by atoms with van der Waals surface area (Å²) in [7, 11) is 1.53. The Hall–Kier alpha value is -2.96. The Morgan fingerprint density at radius 1 is 1.31 bits per heavy atom. The second kappa shape index (κ2) is 8.52. The maximum absolute atomic E-state index is 12.9. The lowest BCUT2D eigenvalue weighted by Gasteiger charge is -2.30. The first-order valence-corrected chi connectivity index (χ1v) is 9.87. The van der Waals surface area contributed by atoms with Crippen molar-refractivity contribution in [3.8, 4) is 0 Å². The second-order valence-electron chi connectivity index (χ2n) is 7.18. The van der Waals surface area contributed by atoms with Gasteiger partial charge in [0.05, 0.1) is 35.9 Å².